The Balaban J connectivity index is 2.75. The smallest absolute Gasteiger partial charge is 0.180 e. The predicted molar refractivity (Wildman–Crippen MR) is 60.1 cm³/mol. The molecule has 1 aromatic heterocycles. The van der Waals surface area contributed by atoms with Crippen molar-refractivity contribution >= 4 is 21.8 Å². The first-order valence-corrected chi connectivity index (χ1v) is 5.21. The minimum absolute atomic E-state index is 0.0532. The maximum Gasteiger partial charge on any atom is 0.180 e. The van der Waals surface area contributed by atoms with Crippen molar-refractivity contribution in [2.24, 2.45) is 10.9 Å². The molecule has 1 unspecified atom stereocenters. The molecule has 0 aliphatic rings. The van der Waals surface area contributed by atoms with Gasteiger partial charge in [0, 0.05) is 10.7 Å². The Hall–Kier alpha value is -1.30. The predicted octanol–water partition coefficient (Wildman–Crippen LogP) is 1.75. The normalized spacial score (nSPS) is 13.6. The summed E-state index contributed by atoms with van der Waals surface area (Å²) in [7, 11) is 0. The third-order valence-corrected chi connectivity index (χ3v) is 2.21. The average Bonchev–Trinajstić information content (AvgIpc) is 2.25. The number of amidine groups is 1. The second kappa shape index (κ2) is 5.55. The maximum absolute atomic E-state index is 8.53. The van der Waals surface area contributed by atoms with Gasteiger partial charge in [-0.15, -0.1) is 0 Å². The van der Waals surface area contributed by atoms with E-state index in [9.17, 15) is 0 Å². The van der Waals surface area contributed by atoms with Gasteiger partial charge < -0.3 is 15.7 Å². The molecule has 1 aromatic rings. The highest BCUT2D eigenvalue weighted by atomic mass is 79.9. The van der Waals surface area contributed by atoms with Crippen LogP contribution in [0.25, 0.3) is 0 Å². The van der Waals surface area contributed by atoms with E-state index in [2.05, 4.69) is 26.1 Å². The number of ether oxygens (including phenoxy) is 1. The van der Waals surface area contributed by atoms with Gasteiger partial charge in [0.1, 0.15) is 5.75 Å². The van der Waals surface area contributed by atoms with Crippen LogP contribution in [0.1, 0.15) is 13.3 Å². The first-order valence-electron chi connectivity index (χ1n) is 4.42. The van der Waals surface area contributed by atoms with Crippen molar-refractivity contribution in [3.8, 4) is 5.75 Å². The first kappa shape index (κ1) is 11.8. The molecule has 0 radical (unpaired) electrons. The molecule has 0 bridgehead atoms. The van der Waals surface area contributed by atoms with Crippen LogP contribution >= 0.6 is 15.9 Å². The molecule has 0 spiro atoms. The molecule has 0 amide bonds. The van der Waals surface area contributed by atoms with E-state index in [4.69, 9.17) is 15.7 Å². The maximum atomic E-state index is 8.53. The highest BCUT2D eigenvalue weighted by molar-refractivity contribution is 9.10. The number of aromatic nitrogens is 1. The Morgan fingerprint density at radius 1 is 1.73 bits per heavy atom. The second-order valence-corrected chi connectivity index (χ2v) is 3.79. The van der Waals surface area contributed by atoms with Gasteiger partial charge in [0.05, 0.1) is 6.20 Å². The van der Waals surface area contributed by atoms with Gasteiger partial charge in [-0.2, -0.15) is 0 Å². The van der Waals surface area contributed by atoms with E-state index in [-0.39, 0.29) is 5.84 Å². The van der Waals surface area contributed by atoms with Crippen LogP contribution < -0.4 is 10.5 Å². The van der Waals surface area contributed by atoms with Crippen molar-refractivity contribution in [3.63, 3.8) is 0 Å². The summed E-state index contributed by atoms with van der Waals surface area (Å²) in [5.41, 5.74) is 5.46. The summed E-state index contributed by atoms with van der Waals surface area (Å²) >= 11 is 3.27. The minimum Gasteiger partial charge on any atom is -0.481 e. The lowest BCUT2D eigenvalue weighted by Gasteiger charge is -2.15. The summed E-state index contributed by atoms with van der Waals surface area (Å²) in [6.45, 7) is 1.88. The molecule has 3 N–H and O–H groups in total. The SMILES string of the molecule is CCC(Oc1cncc(Br)c1)C(N)=NO. The van der Waals surface area contributed by atoms with Crippen molar-refractivity contribution in [3.05, 3.63) is 22.9 Å². The summed E-state index contributed by atoms with van der Waals surface area (Å²) in [6, 6.07) is 1.76. The highest BCUT2D eigenvalue weighted by Crippen LogP contribution is 2.17. The van der Waals surface area contributed by atoms with Gasteiger partial charge in [0.15, 0.2) is 11.9 Å². The number of halogens is 1. The van der Waals surface area contributed by atoms with Crippen LogP contribution in [0, 0.1) is 0 Å². The van der Waals surface area contributed by atoms with Crippen LogP contribution in [0.3, 0.4) is 0 Å². The molecule has 0 saturated heterocycles. The molecule has 82 valence electrons. The Morgan fingerprint density at radius 2 is 2.47 bits per heavy atom. The number of nitrogens with two attached hydrogens (primary N) is 1. The molecule has 1 rings (SSSR count). The fraction of sp³-hybridized carbons (Fsp3) is 0.333. The van der Waals surface area contributed by atoms with Crippen molar-refractivity contribution in [2.75, 3.05) is 0 Å². The molecular weight excluding hydrogens is 262 g/mol. The number of nitrogens with zero attached hydrogens (tertiary/aromatic N) is 2. The zero-order valence-electron chi connectivity index (χ0n) is 8.22. The number of rotatable bonds is 4. The largest absolute Gasteiger partial charge is 0.481 e. The van der Waals surface area contributed by atoms with E-state index >= 15 is 0 Å². The molecule has 1 heterocycles. The summed E-state index contributed by atoms with van der Waals surface area (Å²) in [4.78, 5) is 3.94. The number of hydrogen-bond acceptors (Lipinski definition) is 4. The zero-order chi connectivity index (χ0) is 11.3. The summed E-state index contributed by atoms with van der Waals surface area (Å²) in [6.07, 6.45) is 3.39. The van der Waals surface area contributed by atoms with Gasteiger partial charge >= 0.3 is 0 Å². The van der Waals surface area contributed by atoms with Crippen LogP contribution in [0.4, 0.5) is 0 Å². The molecule has 0 aromatic carbocycles. The van der Waals surface area contributed by atoms with Gasteiger partial charge in [-0.3, -0.25) is 4.98 Å². The van der Waals surface area contributed by atoms with Crippen LogP contribution in [-0.2, 0) is 0 Å². The van der Waals surface area contributed by atoms with Gasteiger partial charge in [0.2, 0.25) is 0 Å². The van der Waals surface area contributed by atoms with E-state index in [1.807, 2.05) is 6.92 Å². The van der Waals surface area contributed by atoms with E-state index in [1.54, 1.807) is 18.5 Å². The second-order valence-electron chi connectivity index (χ2n) is 2.88. The highest BCUT2D eigenvalue weighted by Gasteiger charge is 2.13. The van der Waals surface area contributed by atoms with Gasteiger partial charge in [-0.1, -0.05) is 12.1 Å². The number of oxime groups is 1. The first-order chi connectivity index (χ1) is 7.17. The van der Waals surface area contributed by atoms with Crippen LogP contribution in [0.5, 0.6) is 5.75 Å². The topological polar surface area (TPSA) is 80.7 Å². The molecule has 0 fully saturated rings. The van der Waals surface area contributed by atoms with Crippen LogP contribution in [0.2, 0.25) is 0 Å². The third kappa shape index (κ3) is 3.39. The average molecular weight is 274 g/mol. The summed E-state index contributed by atoms with van der Waals surface area (Å²) in [5, 5.41) is 11.4. The van der Waals surface area contributed by atoms with Crippen LogP contribution in [-0.4, -0.2) is 22.1 Å². The molecule has 0 aliphatic heterocycles. The lowest BCUT2D eigenvalue weighted by atomic mass is 10.2. The standard InChI is InChI=1S/C9H12BrN3O2/c1-2-8(9(11)13-14)15-7-3-6(10)4-12-5-7/h3-5,8,14H,2H2,1H3,(H2,11,13). The van der Waals surface area contributed by atoms with Gasteiger partial charge in [0.25, 0.3) is 0 Å². The summed E-state index contributed by atoms with van der Waals surface area (Å²) in [5.74, 6) is 0.625. The molecule has 0 saturated carbocycles. The van der Waals surface area contributed by atoms with Gasteiger partial charge in [-0.25, -0.2) is 0 Å². The van der Waals surface area contributed by atoms with Gasteiger partial charge in [-0.05, 0) is 28.4 Å². The molecule has 1 atom stereocenters. The van der Waals surface area contributed by atoms with Crippen molar-refractivity contribution in [1.29, 1.82) is 0 Å². The Labute approximate surface area is 96.1 Å². The van der Waals surface area contributed by atoms with E-state index in [0.717, 1.165) is 4.47 Å². The Morgan fingerprint density at radius 3 is 3.00 bits per heavy atom. The summed E-state index contributed by atoms with van der Waals surface area (Å²) < 4.78 is 6.30. The number of hydrogen-bond donors (Lipinski definition) is 2. The van der Waals surface area contributed by atoms with Crippen molar-refractivity contribution < 1.29 is 9.94 Å². The van der Waals surface area contributed by atoms with Crippen LogP contribution in [0.15, 0.2) is 28.1 Å². The number of pyridine rings is 1. The van der Waals surface area contributed by atoms with Crippen molar-refractivity contribution in [1.82, 2.24) is 4.98 Å². The van der Waals surface area contributed by atoms with E-state index in [0.29, 0.717) is 12.2 Å². The zero-order valence-corrected chi connectivity index (χ0v) is 9.81. The third-order valence-electron chi connectivity index (χ3n) is 1.77. The van der Waals surface area contributed by atoms with E-state index < -0.39 is 6.10 Å². The minimum atomic E-state index is -0.439. The lowest BCUT2D eigenvalue weighted by Crippen LogP contribution is -2.33. The van der Waals surface area contributed by atoms with E-state index in [1.165, 1.54) is 0 Å². The molecule has 5 nitrogen and oxygen atoms in total. The molecule has 0 aliphatic carbocycles. The molecular formula is C9H12BrN3O2. The van der Waals surface area contributed by atoms with Crippen molar-refractivity contribution in [2.45, 2.75) is 19.4 Å². The molecule has 15 heavy (non-hydrogen) atoms. The quantitative estimate of drug-likeness (QED) is 0.379. The lowest BCUT2D eigenvalue weighted by molar-refractivity contribution is 0.245. The Kier molecular flexibility index (Phi) is 4.36. The molecule has 6 heteroatoms. The monoisotopic (exact) mass is 273 g/mol. The fourth-order valence-corrected chi connectivity index (χ4v) is 1.38. The fourth-order valence-electron chi connectivity index (χ4n) is 1.04. The Bertz CT molecular complexity index is 357.